The summed E-state index contributed by atoms with van der Waals surface area (Å²) >= 11 is 0. The van der Waals surface area contributed by atoms with E-state index in [2.05, 4.69) is 51.6 Å². The quantitative estimate of drug-likeness (QED) is 0.853. The lowest BCUT2D eigenvalue weighted by molar-refractivity contribution is 0.0227. The van der Waals surface area contributed by atoms with Crippen molar-refractivity contribution >= 4 is 5.69 Å². The van der Waals surface area contributed by atoms with Gasteiger partial charge in [0.15, 0.2) is 0 Å². The number of methoxy groups -OCH3 is 1. The van der Waals surface area contributed by atoms with E-state index in [-0.39, 0.29) is 6.23 Å². The molecular formula is C16H26N4O. The molecule has 21 heavy (non-hydrogen) atoms. The molecule has 2 heterocycles. The highest BCUT2D eigenvalue weighted by Gasteiger charge is 2.27. The Labute approximate surface area is 127 Å². The molecule has 2 N–H and O–H groups in total. The Kier molecular flexibility index (Phi) is 4.75. The van der Waals surface area contributed by atoms with Crippen LogP contribution in [0.2, 0.25) is 0 Å². The lowest BCUT2D eigenvalue weighted by atomic mass is 10.2. The third-order valence-corrected chi connectivity index (χ3v) is 4.48. The zero-order valence-electron chi connectivity index (χ0n) is 13.0. The molecule has 5 heteroatoms. The third-order valence-electron chi connectivity index (χ3n) is 4.48. The van der Waals surface area contributed by atoms with E-state index < -0.39 is 0 Å². The Morgan fingerprint density at radius 1 is 1.10 bits per heavy atom. The van der Waals surface area contributed by atoms with Crippen LogP contribution in [0.5, 0.6) is 0 Å². The second-order valence-corrected chi connectivity index (χ2v) is 5.92. The van der Waals surface area contributed by atoms with E-state index in [0.29, 0.717) is 6.17 Å². The van der Waals surface area contributed by atoms with Crippen molar-refractivity contribution in [2.75, 3.05) is 51.3 Å². The molecule has 116 valence electrons. The van der Waals surface area contributed by atoms with Crippen molar-refractivity contribution in [2.45, 2.75) is 19.3 Å². The smallest absolute Gasteiger partial charge is 0.120 e. The molecule has 3 rings (SSSR count). The van der Waals surface area contributed by atoms with Crippen LogP contribution < -0.4 is 15.5 Å². The van der Waals surface area contributed by atoms with Gasteiger partial charge in [0, 0.05) is 52.1 Å². The summed E-state index contributed by atoms with van der Waals surface area (Å²) in [5.41, 5.74) is 2.68. The average molecular weight is 290 g/mol. The minimum atomic E-state index is 0.148. The number of ether oxygens (including phenoxy) is 1. The van der Waals surface area contributed by atoms with Crippen LogP contribution in [0.25, 0.3) is 0 Å². The highest BCUT2D eigenvalue weighted by atomic mass is 16.5. The number of rotatable bonds is 3. The molecule has 0 radical (unpaired) electrons. The maximum absolute atomic E-state index is 5.31. The largest absolute Gasteiger partial charge is 0.369 e. The van der Waals surface area contributed by atoms with E-state index in [9.17, 15) is 0 Å². The van der Waals surface area contributed by atoms with Crippen molar-refractivity contribution < 1.29 is 4.74 Å². The number of benzene rings is 1. The van der Waals surface area contributed by atoms with Crippen LogP contribution >= 0.6 is 0 Å². The van der Waals surface area contributed by atoms with Crippen molar-refractivity contribution in [1.82, 2.24) is 15.5 Å². The second-order valence-electron chi connectivity index (χ2n) is 5.92. The zero-order valence-corrected chi connectivity index (χ0v) is 13.0. The molecule has 5 nitrogen and oxygen atoms in total. The van der Waals surface area contributed by atoms with Crippen LogP contribution in [0, 0.1) is 6.92 Å². The van der Waals surface area contributed by atoms with Crippen LogP contribution in [0.3, 0.4) is 0 Å². The lowest BCUT2D eigenvalue weighted by Gasteiger charge is -2.43. The number of anilines is 1. The fourth-order valence-corrected chi connectivity index (χ4v) is 3.17. The fraction of sp³-hybridized carbons (Fsp3) is 0.625. The summed E-state index contributed by atoms with van der Waals surface area (Å²) in [7, 11) is 1.75. The van der Waals surface area contributed by atoms with Gasteiger partial charge in [-0.3, -0.25) is 15.5 Å². The first-order valence-electron chi connectivity index (χ1n) is 7.81. The van der Waals surface area contributed by atoms with Gasteiger partial charge in [0.2, 0.25) is 0 Å². The minimum Gasteiger partial charge on any atom is -0.369 e. The number of hydrogen-bond donors (Lipinski definition) is 2. The molecule has 0 amide bonds. The van der Waals surface area contributed by atoms with Crippen molar-refractivity contribution in [3.8, 4) is 0 Å². The number of nitrogens with zero attached hydrogens (tertiary/aromatic N) is 2. The molecule has 2 aliphatic rings. The Bertz CT molecular complexity index is 451. The van der Waals surface area contributed by atoms with Crippen LogP contribution in [-0.4, -0.2) is 63.7 Å². The van der Waals surface area contributed by atoms with Crippen molar-refractivity contribution in [1.29, 1.82) is 0 Å². The van der Waals surface area contributed by atoms with E-state index in [1.807, 2.05) is 0 Å². The van der Waals surface area contributed by atoms with Gasteiger partial charge in [-0.25, -0.2) is 0 Å². The van der Waals surface area contributed by atoms with E-state index in [1.165, 1.54) is 11.3 Å². The normalized spacial score (nSPS) is 27.8. The standard InChI is InChI=1S/C16H26N4O/c1-13-4-3-5-14(10-13)19-6-8-20(9-7-19)15-11-18-16(21-2)12-17-15/h3-5,10,15-18H,6-9,11-12H2,1-2H3. The molecule has 2 aliphatic heterocycles. The number of nitrogens with one attached hydrogen (secondary N) is 2. The van der Waals surface area contributed by atoms with Gasteiger partial charge in [-0.15, -0.1) is 0 Å². The molecule has 0 aliphatic carbocycles. The Balaban J connectivity index is 1.51. The van der Waals surface area contributed by atoms with E-state index in [1.54, 1.807) is 7.11 Å². The van der Waals surface area contributed by atoms with Crippen molar-refractivity contribution in [3.63, 3.8) is 0 Å². The first-order chi connectivity index (χ1) is 10.3. The molecule has 2 saturated heterocycles. The minimum absolute atomic E-state index is 0.148. The molecule has 2 fully saturated rings. The molecule has 1 aromatic carbocycles. The predicted molar refractivity (Wildman–Crippen MR) is 85.6 cm³/mol. The van der Waals surface area contributed by atoms with Gasteiger partial charge in [0.25, 0.3) is 0 Å². The summed E-state index contributed by atoms with van der Waals surface area (Å²) in [4.78, 5) is 5.02. The maximum atomic E-state index is 5.31. The van der Waals surface area contributed by atoms with E-state index in [4.69, 9.17) is 4.74 Å². The van der Waals surface area contributed by atoms with Gasteiger partial charge in [0.05, 0.1) is 6.17 Å². The van der Waals surface area contributed by atoms with Crippen molar-refractivity contribution in [2.24, 2.45) is 0 Å². The van der Waals surface area contributed by atoms with Gasteiger partial charge in [-0.2, -0.15) is 0 Å². The SMILES string of the molecule is COC1CNC(N2CCN(c3cccc(C)c3)CC2)CN1. The van der Waals surface area contributed by atoms with Crippen LogP contribution in [0.4, 0.5) is 5.69 Å². The summed E-state index contributed by atoms with van der Waals surface area (Å²) in [5.74, 6) is 0. The van der Waals surface area contributed by atoms with Crippen molar-refractivity contribution in [3.05, 3.63) is 29.8 Å². The molecule has 0 bridgehead atoms. The van der Waals surface area contributed by atoms with Gasteiger partial charge < -0.3 is 9.64 Å². The van der Waals surface area contributed by atoms with Crippen LogP contribution in [0.1, 0.15) is 5.56 Å². The fourth-order valence-electron chi connectivity index (χ4n) is 3.17. The van der Waals surface area contributed by atoms with Gasteiger partial charge in [0.1, 0.15) is 6.23 Å². The predicted octanol–water partition coefficient (Wildman–Crippen LogP) is 0.608. The second kappa shape index (κ2) is 6.75. The third kappa shape index (κ3) is 3.55. The maximum Gasteiger partial charge on any atom is 0.120 e. The lowest BCUT2D eigenvalue weighted by Crippen LogP contribution is -2.64. The molecule has 2 unspecified atom stereocenters. The average Bonchev–Trinajstić information content (AvgIpc) is 2.55. The van der Waals surface area contributed by atoms with E-state index >= 15 is 0 Å². The summed E-state index contributed by atoms with van der Waals surface area (Å²) in [6.45, 7) is 8.37. The number of aryl methyl sites for hydroxylation is 1. The molecule has 0 spiro atoms. The Hall–Kier alpha value is -1.14. The van der Waals surface area contributed by atoms with E-state index in [0.717, 1.165) is 39.3 Å². The monoisotopic (exact) mass is 290 g/mol. The summed E-state index contributed by atoms with van der Waals surface area (Å²) < 4.78 is 5.31. The first kappa shape index (κ1) is 14.8. The van der Waals surface area contributed by atoms with Crippen LogP contribution in [0.15, 0.2) is 24.3 Å². The molecule has 2 atom stereocenters. The molecule has 0 aromatic heterocycles. The highest BCUT2D eigenvalue weighted by Crippen LogP contribution is 2.18. The Morgan fingerprint density at radius 2 is 1.90 bits per heavy atom. The zero-order chi connectivity index (χ0) is 14.7. The van der Waals surface area contributed by atoms with Gasteiger partial charge in [-0.1, -0.05) is 12.1 Å². The highest BCUT2D eigenvalue weighted by molar-refractivity contribution is 5.48. The molecule has 1 aromatic rings. The molecular weight excluding hydrogens is 264 g/mol. The Morgan fingerprint density at radius 3 is 2.52 bits per heavy atom. The topological polar surface area (TPSA) is 39.8 Å². The number of piperazine rings is 2. The first-order valence-corrected chi connectivity index (χ1v) is 7.81. The summed E-state index contributed by atoms with van der Waals surface area (Å²) in [6.07, 6.45) is 0.575. The van der Waals surface area contributed by atoms with Crippen LogP contribution in [-0.2, 0) is 4.74 Å². The molecule has 0 saturated carbocycles. The summed E-state index contributed by atoms with van der Waals surface area (Å²) in [5, 5.41) is 7.00. The number of hydrogen-bond acceptors (Lipinski definition) is 5. The van der Waals surface area contributed by atoms with Gasteiger partial charge in [-0.05, 0) is 24.6 Å². The summed E-state index contributed by atoms with van der Waals surface area (Å²) in [6, 6.07) is 8.80. The van der Waals surface area contributed by atoms with Gasteiger partial charge >= 0.3 is 0 Å².